The summed E-state index contributed by atoms with van der Waals surface area (Å²) in [5.41, 5.74) is -0.684. The average Bonchev–Trinajstić information content (AvgIpc) is 2.98. The summed E-state index contributed by atoms with van der Waals surface area (Å²) < 4.78 is 5.46. The highest BCUT2D eigenvalue weighted by molar-refractivity contribution is 7.99. The van der Waals surface area contributed by atoms with Gasteiger partial charge in [0.15, 0.2) is 0 Å². The van der Waals surface area contributed by atoms with Crippen LogP contribution in [0.15, 0.2) is 0 Å². The molecule has 9 heteroatoms. The summed E-state index contributed by atoms with van der Waals surface area (Å²) in [4.78, 5) is 61.4. The number of ether oxygens (including phenoxy) is 1. The zero-order valence-corrected chi connectivity index (χ0v) is 33.9. The van der Waals surface area contributed by atoms with Crippen LogP contribution in [0.1, 0.15) is 178 Å². The number of esters is 1. The number of rotatable bonds is 28. The van der Waals surface area contributed by atoms with Gasteiger partial charge < -0.3 is 15.4 Å². The van der Waals surface area contributed by atoms with Crippen LogP contribution in [0.2, 0.25) is 0 Å². The second-order valence-electron chi connectivity index (χ2n) is 16.4. The summed E-state index contributed by atoms with van der Waals surface area (Å²) in [5, 5.41) is 6.08. The van der Waals surface area contributed by atoms with Gasteiger partial charge in [-0.2, -0.15) is 11.8 Å². The number of hydrogen-bond donors (Lipinski definition) is 2. The van der Waals surface area contributed by atoms with Gasteiger partial charge in [-0.3, -0.25) is 19.2 Å². The summed E-state index contributed by atoms with van der Waals surface area (Å²) in [6.45, 7) is 19.3. The molecule has 286 valence electrons. The van der Waals surface area contributed by atoms with Crippen molar-refractivity contribution in [1.82, 2.24) is 10.6 Å². The van der Waals surface area contributed by atoms with Crippen LogP contribution in [0.3, 0.4) is 0 Å². The lowest BCUT2D eigenvalue weighted by Crippen LogP contribution is -2.47. The average molecular weight is 711 g/mol. The van der Waals surface area contributed by atoms with Gasteiger partial charge in [-0.1, -0.05) is 80.1 Å². The molecule has 3 unspecified atom stereocenters. The molecule has 0 fully saturated rings. The highest BCUT2D eigenvalue weighted by atomic mass is 32.2. The summed E-state index contributed by atoms with van der Waals surface area (Å²) in [6, 6.07) is -0.633. The Kier molecular flexibility index (Phi) is 25.0. The minimum atomic E-state index is -0.614. The molecule has 0 saturated heterocycles. The van der Waals surface area contributed by atoms with Gasteiger partial charge in [0.2, 0.25) is 11.8 Å². The third-order valence-electron chi connectivity index (χ3n) is 8.91. The van der Waals surface area contributed by atoms with Gasteiger partial charge in [-0.25, -0.2) is 4.79 Å². The van der Waals surface area contributed by atoms with Crippen molar-refractivity contribution in [2.45, 2.75) is 196 Å². The molecule has 2 amide bonds. The molecule has 0 radical (unpaired) electrons. The SMILES string of the molecule is CC(=O)C(C)CCCCCC(=O)CCC(NC(=O)CCCCCSCCCCCCCC(=O)NC(C(=O)OC(C)(C)C)C(C)C)C(C)(C)C. The number of Topliss-reactive ketones (excluding diaryl/α,β-unsaturated/α-hetero) is 2. The smallest absolute Gasteiger partial charge is 0.329 e. The largest absolute Gasteiger partial charge is 0.458 e. The second-order valence-corrected chi connectivity index (χ2v) is 17.7. The van der Waals surface area contributed by atoms with Crippen LogP contribution in [0.4, 0.5) is 0 Å². The molecule has 8 nitrogen and oxygen atoms in total. The minimum Gasteiger partial charge on any atom is -0.458 e. The Morgan fingerprint density at radius 1 is 0.612 bits per heavy atom. The molecule has 49 heavy (non-hydrogen) atoms. The fourth-order valence-electron chi connectivity index (χ4n) is 5.47. The first kappa shape index (κ1) is 47.1. The third kappa shape index (κ3) is 26.6. The zero-order chi connectivity index (χ0) is 37.5. The van der Waals surface area contributed by atoms with Crippen LogP contribution in [-0.4, -0.2) is 58.5 Å². The van der Waals surface area contributed by atoms with Crippen molar-refractivity contribution in [3.63, 3.8) is 0 Å². The Bertz CT molecular complexity index is 969. The maximum Gasteiger partial charge on any atom is 0.329 e. The Morgan fingerprint density at radius 3 is 1.63 bits per heavy atom. The van der Waals surface area contributed by atoms with Crippen molar-refractivity contribution >= 4 is 41.1 Å². The molecule has 0 aromatic heterocycles. The van der Waals surface area contributed by atoms with Gasteiger partial charge in [0.1, 0.15) is 23.2 Å². The van der Waals surface area contributed by atoms with E-state index in [2.05, 4.69) is 31.4 Å². The molecule has 0 bridgehead atoms. The first-order chi connectivity index (χ1) is 22.8. The van der Waals surface area contributed by atoms with E-state index >= 15 is 0 Å². The van der Waals surface area contributed by atoms with E-state index < -0.39 is 11.6 Å². The van der Waals surface area contributed by atoms with Gasteiger partial charge in [-0.05, 0) is 95.5 Å². The molecule has 0 aromatic carbocycles. The molecular formula is C40H74N2O6S. The topological polar surface area (TPSA) is 119 Å². The van der Waals surface area contributed by atoms with Gasteiger partial charge in [0.25, 0.3) is 0 Å². The quantitative estimate of drug-likeness (QED) is 0.0614. The predicted molar refractivity (Wildman–Crippen MR) is 205 cm³/mol. The van der Waals surface area contributed by atoms with E-state index in [9.17, 15) is 24.0 Å². The van der Waals surface area contributed by atoms with Crippen molar-refractivity contribution in [2.75, 3.05) is 11.5 Å². The molecule has 3 atom stereocenters. The predicted octanol–water partition coefficient (Wildman–Crippen LogP) is 9.16. The van der Waals surface area contributed by atoms with Crippen LogP contribution in [0, 0.1) is 17.3 Å². The molecule has 0 rings (SSSR count). The highest BCUT2D eigenvalue weighted by Crippen LogP contribution is 2.24. The number of amides is 2. The van der Waals surface area contributed by atoms with E-state index in [0.29, 0.717) is 32.1 Å². The lowest BCUT2D eigenvalue weighted by molar-refractivity contribution is -0.160. The van der Waals surface area contributed by atoms with Crippen molar-refractivity contribution in [3.8, 4) is 0 Å². The number of ketones is 2. The number of thioether (sulfide) groups is 1. The van der Waals surface area contributed by atoms with E-state index in [1.54, 1.807) is 6.92 Å². The monoisotopic (exact) mass is 711 g/mol. The van der Waals surface area contributed by atoms with Crippen molar-refractivity contribution < 1.29 is 28.7 Å². The second kappa shape index (κ2) is 26.0. The fraction of sp³-hybridized carbons (Fsp3) is 0.875. The number of carbonyl (C=O) groups is 5. The van der Waals surface area contributed by atoms with Gasteiger partial charge in [-0.15, -0.1) is 0 Å². The van der Waals surface area contributed by atoms with E-state index in [1.165, 1.54) is 6.42 Å². The maximum absolute atomic E-state index is 12.7. The van der Waals surface area contributed by atoms with E-state index in [1.807, 2.05) is 53.3 Å². The lowest BCUT2D eigenvalue weighted by Gasteiger charge is -2.31. The molecule has 0 saturated carbocycles. The van der Waals surface area contributed by atoms with Crippen LogP contribution in [-0.2, 0) is 28.7 Å². The molecule has 0 aromatic rings. The van der Waals surface area contributed by atoms with Crippen LogP contribution < -0.4 is 10.6 Å². The molecule has 0 heterocycles. The van der Waals surface area contributed by atoms with E-state index in [-0.39, 0.29) is 52.6 Å². The number of carbonyl (C=O) groups excluding carboxylic acids is 5. The van der Waals surface area contributed by atoms with Crippen molar-refractivity contribution in [3.05, 3.63) is 0 Å². The third-order valence-corrected chi connectivity index (χ3v) is 10.1. The Morgan fingerprint density at radius 2 is 1.10 bits per heavy atom. The Balaban J connectivity index is 3.97. The minimum absolute atomic E-state index is 0.0190. The molecule has 0 aliphatic heterocycles. The maximum atomic E-state index is 12.7. The Hall–Kier alpha value is -1.90. The summed E-state index contributed by atoms with van der Waals surface area (Å²) in [6.07, 6.45) is 14.7. The normalized spacial score (nSPS) is 13.9. The zero-order valence-electron chi connectivity index (χ0n) is 33.1. The molecule has 0 spiro atoms. The lowest BCUT2D eigenvalue weighted by atomic mass is 9.83. The Labute approximate surface area is 304 Å². The van der Waals surface area contributed by atoms with Crippen molar-refractivity contribution in [1.29, 1.82) is 0 Å². The first-order valence-corrected chi connectivity index (χ1v) is 20.4. The fourth-order valence-corrected chi connectivity index (χ4v) is 6.49. The van der Waals surface area contributed by atoms with E-state index in [0.717, 1.165) is 82.1 Å². The van der Waals surface area contributed by atoms with Gasteiger partial charge in [0.05, 0.1) is 0 Å². The van der Waals surface area contributed by atoms with Crippen molar-refractivity contribution in [2.24, 2.45) is 17.3 Å². The van der Waals surface area contributed by atoms with Gasteiger partial charge in [0, 0.05) is 37.6 Å². The molecule has 0 aliphatic carbocycles. The number of nitrogens with one attached hydrogen (secondary N) is 2. The molecular weight excluding hydrogens is 637 g/mol. The molecule has 0 aliphatic rings. The van der Waals surface area contributed by atoms with E-state index in [4.69, 9.17) is 4.74 Å². The van der Waals surface area contributed by atoms with Crippen LogP contribution in [0.5, 0.6) is 0 Å². The first-order valence-electron chi connectivity index (χ1n) is 19.2. The van der Waals surface area contributed by atoms with Crippen LogP contribution in [0.25, 0.3) is 0 Å². The molecule has 2 N–H and O–H groups in total. The number of unbranched alkanes of at least 4 members (excludes halogenated alkanes) is 8. The summed E-state index contributed by atoms with van der Waals surface area (Å²) in [5.74, 6) is 2.44. The van der Waals surface area contributed by atoms with Crippen LogP contribution >= 0.6 is 11.8 Å². The highest BCUT2D eigenvalue weighted by Gasteiger charge is 2.29. The number of hydrogen-bond acceptors (Lipinski definition) is 7. The standard InChI is InChI=1S/C40H74N2O6S/c1-30(2)37(38(47)48-40(8,9)10)42-36(46)25-18-12-11-13-20-28-49-29-21-15-19-24-35(45)41-34(39(5,6)7)27-26-33(44)23-17-14-16-22-31(3)32(4)43/h30-31,34,37H,11-29H2,1-10H3,(H,41,45)(H,42,46). The van der Waals surface area contributed by atoms with Gasteiger partial charge >= 0.3 is 5.97 Å². The summed E-state index contributed by atoms with van der Waals surface area (Å²) >= 11 is 1.98. The summed E-state index contributed by atoms with van der Waals surface area (Å²) in [7, 11) is 0.